The Balaban J connectivity index is 3.26. The number of hydrogen-bond donors (Lipinski definition) is 1. The molecule has 0 unspecified atom stereocenters. The monoisotopic (exact) mass is 99.1 g/mol. The summed E-state index contributed by atoms with van der Waals surface area (Å²) in [7, 11) is 6.09. The maximum absolute atomic E-state index is 7.70. The van der Waals surface area contributed by atoms with E-state index in [9.17, 15) is 0 Å². The molecule has 0 atom stereocenters. The van der Waals surface area contributed by atoms with Crippen molar-refractivity contribution in [1.82, 2.24) is 0 Å². The van der Waals surface area contributed by atoms with Crippen LogP contribution in [0.2, 0.25) is 0 Å². The van der Waals surface area contributed by atoms with Crippen LogP contribution in [0, 0.1) is 0 Å². The van der Waals surface area contributed by atoms with Crippen molar-refractivity contribution < 1.29 is 10.1 Å². The fourth-order valence-electron chi connectivity index (χ4n) is 0.209. The Bertz CT molecular complexity index is 103. The van der Waals surface area contributed by atoms with E-state index in [0.717, 1.165) is 7.00 Å². The molecule has 1 radical (unpaired) electrons. The SMILES string of the molecule is [B]=BB=BB=BOO. The topological polar surface area (TPSA) is 29.5 Å². The van der Waals surface area contributed by atoms with Gasteiger partial charge in [-0.25, -0.2) is 0 Å². The molecule has 0 rings (SSSR count). The van der Waals surface area contributed by atoms with Crippen molar-refractivity contribution in [3.05, 3.63) is 0 Å². The first-order valence-corrected chi connectivity index (χ1v) is 2.08. The van der Waals surface area contributed by atoms with Crippen molar-refractivity contribution in [2.75, 3.05) is 0 Å². The van der Waals surface area contributed by atoms with Crippen LogP contribution in [0.1, 0.15) is 0 Å². The van der Waals surface area contributed by atoms with E-state index >= 15 is 0 Å². The van der Waals surface area contributed by atoms with E-state index < -0.39 is 0 Å². The summed E-state index contributed by atoms with van der Waals surface area (Å²) in [5.74, 6) is 0. The summed E-state index contributed by atoms with van der Waals surface area (Å²) in [6.45, 7) is 6.11. The van der Waals surface area contributed by atoms with Gasteiger partial charge >= 0.3 is 51.2 Å². The second-order valence-electron chi connectivity index (χ2n) is 1.01. The van der Waals surface area contributed by atoms with E-state index in [4.69, 9.17) is 12.6 Å². The molecule has 0 aromatic heterocycles. The predicted molar refractivity (Wildman–Crippen MR) is 38.2 cm³/mol. The summed E-state index contributed by atoms with van der Waals surface area (Å²) in [4.78, 5) is 3.60. The Labute approximate surface area is 52.0 Å². The summed E-state index contributed by atoms with van der Waals surface area (Å²) in [6.07, 6.45) is 0. The van der Waals surface area contributed by atoms with Crippen LogP contribution in [0.15, 0.2) is 0 Å². The minimum atomic E-state index is 1.12. The second-order valence-corrected chi connectivity index (χ2v) is 1.01. The zero-order valence-corrected chi connectivity index (χ0v) is 4.32. The summed E-state index contributed by atoms with van der Waals surface area (Å²) in [5.41, 5.74) is 0. The maximum atomic E-state index is 7.70. The average molecular weight is 97.9 g/mol. The second kappa shape index (κ2) is 7.15. The Hall–Kier alpha value is 0.150. The van der Waals surface area contributed by atoms with Gasteiger partial charge in [0.2, 0.25) is 0 Å². The number of hydrogen-bond acceptors (Lipinski definition) is 2. The first-order chi connectivity index (χ1) is 3.91. The van der Waals surface area contributed by atoms with Crippen LogP contribution < -0.4 is 0 Å². The molecule has 0 aliphatic carbocycles. The van der Waals surface area contributed by atoms with Gasteiger partial charge in [0.15, 0.2) is 0 Å². The van der Waals surface area contributed by atoms with Crippen LogP contribution in [-0.4, -0.2) is 46.4 Å². The van der Waals surface area contributed by atoms with Crippen molar-refractivity contribution >= 4 is 41.1 Å². The van der Waals surface area contributed by atoms with E-state index in [0.29, 0.717) is 0 Å². The minimum absolute atomic E-state index is 1.12. The molecule has 0 saturated carbocycles. The van der Waals surface area contributed by atoms with Crippen LogP contribution in [0.4, 0.5) is 0 Å². The molecular weight excluding hydrogens is 96.9 g/mol. The molecule has 0 aromatic carbocycles. The van der Waals surface area contributed by atoms with E-state index in [1.54, 1.807) is 13.4 Å². The summed E-state index contributed by atoms with van der Waals surface area (Å²) < 4.78 is 0. The molecule has 0 aromatic rings. The molecule has 0 aliphatic heterocycles. The van der Waals surface area contributed by atoms with Crippen molar-refractivity contribution in [2.45, 2.75) is 0 Å². The van der Waals surface area contributed by atoms with Crippen LogP contribution in [-0.2, 0) is 4.81 Å². The van der Waals surface area contributed by atoms with Gasteiger partial charge in [-0.3, -0.25) is 0 Å². The van der Waals surface area contributed by atoms with E-state index in [-0.39, 0.29) is 0 Å². The summed E-state index contributed by atoms with van der Waals surface area (Å²) >= 11 is 0. The molecule has 0 aliphatic rings. The predicted octanol–water partition coefficient (Wildman–Crippen LogP) is -2.34. The van der Waals surface area contributed by atoms with Crippen LogP contribution in [0.5, 0.6) is 0 Å². The van der Waals surface area contributed by atoms with Crippen LogP contribution >= 0.6 is 0 Å². The molecule has 0 amide bonds. The third kappa shape index (κ3) is 6.15. The van der Waals surface area contributed by atoms with Crippen LogP contribution in [0.3, 0.4) is 0 Å². The van der Waals surface area contributed by atoms with Gasteiger partial charge in [-0.2, -0.15) is 0 Å². The third-order valence-electron chi connectivity index (χ3n) is 0.473. The van der Waals surface area contributed by atoms with Crippen molar-refractivity contribution in [3.63, 3.8) is 0 Å². The van der Waals surface area contributed by atoms with Gasteiger partial charge in [0.1, 0.15) is 0 Å². The zero-order valence-electron chi connectivity index (χ0n) is 4.32. The van der Waals surface area contributed by atoms with Gasteiger partial charge in [-0.1, -0.05) is 0 Å². The molecule has 8 heavy (non-hydrogen) atoms. The van der Waals surface area contributed by atoms with Gasteiger partial charge < -0.3 is 0 Å². The third-order valence-corrected chi connectivity index (χ3v) is 0.473. The Morgan fingerprint density at radius 2 is 2.00 bits per heavy atom. The van der Waals surface area contributed by atoms with Crippen molar-refractivity contribution in [1.29, 1.82) is 0 Å². The molecule has 0 heterocycles. The van der Waals surface area contributed by atoms with Gasteiger partial charge in [0.05, 0.1) is 0 Å². The van der Waals surface area contributed by atoms with Gasteiger partial charge in [-0.15, -0.1) is 0 Å². The molecule has 0 spiro atoms. The molecule has 1 N–H and O–H groups in total. The summed E-state index contributed by atoms with van der Waals surface area (Å²) in [5, 5.41) is 7.70. The van der Waals surface area contributed by atoms with E-state index in [1.807, 2.05) is 0 Å². The standard InChI is InChI=1S/B6HO2/c1-2-3-4-5-6-8-7/h7H. The Morgan fingerprint density at radius 3 is 2.50 bits per heavy atom. The first kappa shape index (κ1) is 8.15. The molecular formula is HB6O2. The van der Waals surface area contributed by atoms with Gasteiger partial charge in [0, 0.05) is 0 Å². The molecule has 0 saturated heterocycles. The normalized spacial score (nSPS) is 6.00. The van der Waals surface area contributed by atoms with E-state index in [1.165, 1.54) is 13.4 Å². The zero-order chi connectivity index (χ0) is 6.24. The van der Waals surface area contributed by atoms with Crippen LogP contribution in [0.25, 0.3) is 0 Å². The first-order valence-electron chi connectivity index (χ1n) is 2.08. The quantitative estimate of drug-likeness (QED) is 0.243. The molecule has 0 bridgehead atoms. The van der Waals surface area contributed by atoms with E-state index in [2.05, 4.69) is 4.81 Å². The average Bonchev–Trinajstić information content (AvgIpc) is 1.81. The summed E-state index contributed by atoms with van der Waals surface area (Å²) in [6, 6.07) is 0. The molecule has 2 nitrogen and oxygen atoms in total. The van der Waals surface area contributed by atoms with Gasteiger partial charge in [0.25, 0.3) is 0 Å². The Morgan fingerprint density at radius 1 is 1.25 bits per heavy atom. The molecule has 8 heteroatoms. The molecule has 31 valence electrons. The fourth-order valence-corrected chi connectivity index (χ4v) is 0.209. The van der Waals surface area contributed by atoms with Crippen molar-refractivity contribution in [2.24, 2.45) is 0 Å². The van der Waals surface area contributed by atoms with Crippen molar-refractivity contribution in [3.8, 4) is 0 Å². The fraction of sp³-hybridized carbons (Fsp3) is 0. The number of rotatable bonds is 3. The Kier molecular flexibility index (Phi) is 7.28. The molecule has 0 fully saturated rings. The van der Waals surface area contributed by atoms with Gasteiger partial charge in [-0.05, 0) is 0 Å².